The summed E-state index contributed by atoms with van der Waals surface area (Å²) in [5, 5.41) is 1.80. The Morgan fingerprint density at radius 2 is 2.32 bits per heavy atom. The number of hydrogen-bond acceptors (Lipinski definition) is 3. The number of allylic oxidation sites excluding steroid dienone is 4. The number of nitrogens with zero attached hydrogens (tertiary/aromatic N) is 2. The predicted octanol–water partition coefficient (Wildman–Crippen LogP) is 1.91. The molecule has 1 aromatic rings. The molecule has 2 aliphatic rings. The number of hydrogen-bond donors (Lipinski definition) is 0. The summed E-state index contributed by atoms with van der Waals surface area (Å²) < 4.78 is 5.70. The van der Waals surface area contributed by atoms with Gasteiger partial charge in [-0.1, -0.05) is 18.2 Å². The standard InChI is InChI=1S/C16H12N2O/c1-12-18-15-9-10-17-11-14(15)8-7-13-5-3-2-4-6-16(13)19-12/h2-3,5-6,8-11H,1,7H2/b14-8-,18-15-. The van der Waals surface area contributed by atoms with Crippen molar-refractivity contribution in [2.24, 2.45) is 4.99 Å². The Kier molecular flexibility index (Phi) is 2.97. The SMILES string of the molecule is C=C1/N=c2/ccnc/c2=C/CC2=C(C=C=CC=C2)O1. The van der Waals surface area contributed by atoms with Gasteiger partial charge in [0.2, 0.25) is 5.88 Å². The van der Waals surface area contributed by atoms with Gasteiger partial charge in [0.05, 0.1) is 5.36 Å². The van der Waals surface area contributed by atoms with Crippen molar-refractivity contribution < 1.29 is 4.74 Å². The van der Waals surface area contributed by atoms with E-state index < -0.39 is 0 Å². The van der Waals surface area contributed by atoms with Gasteiger partial charge in [-0.15, -0.1) is 5.73 Å². The van der Waals surface area contributed by atoms with Gasteiger partial charge >= 0.3 is 0 Å². The average molecular weight is 248 g/mol. The highest BCUT2D eigenvalue weighted by molar-refractivity contribution is 5.41. The number of pyridine rings is 1. The molecule has 2 heterocycles. The van der Waals surface area contributed by atoms with E-state index in [0.29, 0.717) is 5.88 Å². The highest BCUT2D eigenvalue weighted by Gasteiger charge is 2.07. The first kappa shape index (κ1) is 11.5. The number of fused-ring (bicyclic) bond motifs is 1. The zero-order valence-corrected chi connectivity index (χ0v) is 10.3. The van der Waals surface area contributed by atoms with Crippen LogP contribution in [0.5, 0.6) is 0 Å². The smallest absolute Gasteiger partial charge is 0.212 e. The molecule has 3 heteroatoms. The molecule has 0 unspecified atom stereocenters. The molecule has 3 rings (SSSR count). The minimum atomic E-state index is 0.364. The summed E-state index contributed by atoms with van der Waals surface area (Å²) in [6.07, 6.45) is 13.9. The van der Waals surface area contributed by atoms with Gasteiger partial charge in [-0.3, -0.25) is 4.98 Å². The van der Waals surface area contributed by atoms with Crippen LogP contribution in [0.15, 0.2) is 77.3 Å². The van der Waals surface area contributed by atoms with Crippen molar-refractivity contribution in [3.05, 3.63) is 82.9 Å². The lowest BCUT2D eigenvalue weighted by Crippen LogP contribution is -2.25. The van der Waals surface area contributed by atoms with Gasteiger partial charge in [0.25, 0.3) is 0 Å². The summed E-state index contributed by atoms with van der Waals surface area (Å²) in [4.78, 5) is 8.50. The lowest BCUT2D eigenvalue weighted by Gasteiger charge is -2.07. The van der Waals surface area contributed by atoms with Crippen molar-refractivity contribution in [1.29, 1.82) is 0 Å². The molecule has 0 amide bonds. The van der Waals surface area contributed by atoms with E-state index in [4.69, 9.17) is 4.74 Å². The Morgan fingerprint density at radius 3 is 3.26 bits per heavy atom. The van der Waals surface area contributed by atoms with Gasteiger partial charge in [0.15, 0.2) is 0 Å². The quantitative estimate of drug-likeness (QED) is 0.657. The van der Waals surface area contributed by atoms with E-state index in [9.17, 15) is 0 Å². The molecule has 0 N–H and O–H groups in total. The Morgan fingerprint density at radius 1 is 1.37 bits per heavy atom. The van der Waals surface area contributed by atoms with E-state index in [0.717, 1.165) is 28.3 Å². The topological polar surface area (TPSA) is 34.5 Å². The Hall–Kier alpha value is -2.64. The van der Waals surface area contributed by atoms with Crippen LogP contribution in [0.4, 0.5) is 0 Å². The van der Waals surface area contributed by atoms with Crippen molar-refractivity contribution in [3.63, 3.8) is 0 Å². The van der Waals surface area contributed by atoms with Crippen molar-refractivity contribution >= 4 is 6.08 Å². The fourth-order valence-corrected chi connectivity index (χ4v) is 1.94. The lowest BCUT2D eigenvalue weighted by atomic mass is 10.1. The maximum absolute atomic E-state index is 5.70. The molecule has 0 spiro atoms. The molecule has 1 aliphatic heterocycles. The summed E-state index contributed by atoms with van der Waals surface area (Å²) in [6, 6.07) is 1.85. The average Bonchev–Trinajstić information content (AvgIpc) is 2.59. The molecule has 0 atom stereocenters. The van der Waals surface area contributed by atoms with Gasteiger partial charge in [0, 0.05) is 23.7 Å². The van der Waals surface area contributed by atoms with Crippen LogP contribution < -0.4 is 10.6 Å². The van der Waals surface area contributed by atoms with Crippen molar-refractivity contribution in [2.75, 3.05) is 0 Å². The van der Waals surface area contributed by atoms with E-state index >= 15 is 0 Å². The number of ether oxygens (including phenoxy) is 1. The molecular weight excluding hydrogens is 236 g/mol. The van der Waals surface area contributed by atoms with Crippen molar-refractivity contribution in [1.82, 2.24) is 4.98 Å². The van der Waals surface area contributed by atoms with Gasteiger partial charge in [-0.2, -0.15) is 0 Å². The zero-order chi connectivity index (χ0) is 13.1. The molecule has 92 valence electrons. The highest BCUT2D eigenvalue weighted by Crippen LogP contribution is 2.19. The van der Waals surface area contributed by atoms with Crippen LogP contribution in [0, 0.1) is 0 Å². The van der Waals surface area contributed by atoms with E-state index in [-0.39, 0.29) is 0 Å². The zero-order valence-electron chi connectivity index (χ0n) is 10.3. The van der Waals surface area contributed by atoms with E-state index in [1.807, 2.05) is 24.3 Å². The first-order valence-corrected chi connectivity index (χ1v) is 6.01. The molecule has 0 radical (unpaired) electrons. The third-order valence-corrected chi connectivity index (χ3v) is 2.86. The molecular formula is C16H12N2O. The third kappa shape index (κ3) is 2.46. The van der Waals surface area contributed by atoms with Crippen LogP contribution in [0.3, 0.4) is 0 Å². The predicted molar refractivity (Wildman–Crippen MR) is 73.1 cm³/mol. The van der Waals surface area contributed by atoms with Crippen LogP contribution in [0.2, 0.25) is 0 Å². The van der Waals surface area contributed by atoms with Crippen molar-refractivity contribution in [2.45, 2.75) is 6.42 Å². The first-order chi connectivity index (χ1) is 9.33. The first-order valence-electron chi connectivity index (χ1n) is 6.01. The normalized spacial score (nSPS) is 20.5. The monoisotopic (exact) mass is 248 g/mol. The fraction of sp³-hybridized carbons (Fsp3) is 0.0625. The molecule has 0 saturated carbocycles. The largest absolute Gasteiger partial charge is 0.439 e. The second-order valence-electron chi connectivity index (χ2n) is 4.18. The fourth-order valence-electron chi connectivity index (χ4n) is 1.94. The summed E-state index contributed by atoms with van der Waals surface area (Å²) in [5.74, 6) is 1.10. The molecule has 3 nitrogen and oxygen atoms in total. The van der Waals surface area contributed by atoms with Gasteiger partial charge in [0.1, 0.15) is 5.76 Å². The van der Waals surface area contributed by atoms with Gasteiger partial charge in [-0.25, -0.2) is 4.99 Å². The summed E-state index contributed by atoms with van der Waals surface area (Å²) in [5.41, 5.74) is 4.09. The van der Waals surface area contributed by atoms with Crippen LogP contribution in [0.1, 0.15) is 6.42 Å². The number of aromatic nitrogens is 1. The van der Waals surface area contributed by atoms with Gasteiger partial charge < -0.3 is 4.74 Å². The maximum Gasteiger partial charge on any atom is 0.212 e. The summed E-state index contributed by atoms with van der Waals surface area (Å²) in [7, 11) is 0. The molecule has 0 aromatic carbocycles. The van der Waals surface area contributed by atoms with Crippen LogP contribution in [-0.4, -0.2) is 4.98 Å². The van der Waals surface area contributed by atoms with Crippen LogP contribution >= 0.6 is 0 Å². The second-order valence-corrected chi connectivity index (χ2v) is 4.18. The lowest BCUT2D eigenvalue weighted by molar-refractivity contribution is 0.313. The molecule has 0 fully saturated rings. The Balaban J connectivity index is 2.18. The minimum absolute atomic E-state index is 0.364. The molecule has 0 saturated heterocycles. The van der Waals surface area contributed by atoms with E-state index in [1.54, 1.807) is 18.5 Å². The van der Waals surface area contributed by atoms with Gasteiger partial charge in [-0.05, 0) is 30.7 Å². The van der Waals surface area contributed by atoms with Crippen LogP contribution in [-0.2, 0) is 4.74 Å². The minimum Gasteiger partial charge on any atom is -0.439 e. The molecule has 1 aliphatic carbocycles. The number of rotatable bonds is 0. The summed E-state index contributed by atoms with van der Waals surface area (Å²) in [6.45, 7) is 3.84. The molecule has 0 bridgehead atoms. The third-order valence-electron chi connectivity index (χ3n) is 2.86. The molecule has 1 aromatic heterocycles. The molecule has 19 heavy (non-hydrogen) atoms. The van der Waals surface area contributed by atoms with Crippen LogP contribution in [0.25, 0.3) is 6.08 Å². The second kappa shape index (κ2) is 4.92. The summed E-state index contributed by atoms with van der Waals surface area (Å²) >= 11 is 0. The Labute approximate surface area is 111 Å². The maximum atomic E-state index is 5.70. The van der Waals surface area contributed by atoms with E-state index in [1.165, 1.54) is 0 Å². The Bertz CT molecular complexity index is 775. The van der Waals surface area contributed by atoms with E-state index in [2.05, 4.69) is 28.4 Å². The highest BCUT2D eigenvalue weighted by atomic mass is 16.5. The van der Waals surface area contributed by atoms with Crippen molar-refractivity contribution in [3.8, 4) is 0 Å².